The topological polar surface area (TPSA) is 72.5 Å². The summed E-state index contributed by atoms with van der Waals surface area (Å²) in [7, 11) is 0. The maximum atomic E-state index is 6.15. The lowest BCUT2D eigenvalue weighted by atomic mass is 10.2. The van der Waals surface area contributed by atoms with Gasteiger partial charge in [-0.15, -0.1) is 0 Å². The lowest BCUT2D eigenvalue weighted by Gasteiger charge is -2.11. The predicted molar refractivity (Wildman–Crippen MR) is 120 cm³/mol. The van der Waals surface area contributed by atoms with E-state index in [1.165, 1.54) is 12.8 Å². The SMILES string of the molecule is NC(=NC1CCCC1)c1ccc(OCCNc2ccnc3cc(Cl)ccc23)cc1. The Balaban J connectivity index is 1.30. The smallest absolute Gasteiger partial charge is 0.125 e. The van der Waals surface area contributed by atoms with Gasteiger partial charge >= 0.3 is 0 Å². The molecule has 0 amide bonds. The Morgan fingerprint density at radius 3 is 2.72 bits per heavy atom. The van der Waals surface area contributed by atoms with E-state index in [0.29, 0.717) is 30.1 Å². The molecule has 29 heavy (non-hydrogen) atoms. The van der Waals surface area contributed by atoms with Gasteiger partial charge in [-0.2, -0.15) is 0 Å². The molecule has 5 nitrogen and oxygen atoms in total. The summed E-state index contributed by atoms with van der Waals surface area (Å²) < 4.78 is 5.85. The zero-order chi connectivity index (χ0) is 20.1. The number of fused-ring (bicyclic) bond motifs is 1. The fourth-order valence-corrected chi connectivity index (χ4v) is 3.82. The van der Waals surface area contributed by atoms with Gasteiger partial charge in [0.25, 0.3) is 0 Å². The number of hydrogen-bond donors (Lipinski definition) is 2. The summed E-state index contributed by atoms with van der Waals surface area (Å²) in [4.78, 5) is 9.00. The summed E-state index contributed by atoms with van der Waals surface area (Å²) in [5.41, 5.74) is 8.99. The molecule has 0 unspecified atom stereocenters. The van der Waals surface area contributed by atoms with E-state index in [-0.39, 0.29) is 0 Å². The van der Waals surface area contributed by atoms with E-state index in [0.717, 1.165) is 40.7 Å². The van der Waals surface area contributed by atoms with Crippen LogP contribution in [0.2, 0.25) is 5.02 Å². The first-order chi connectivity index (χ1) is 14.2. The van der Waals surface area contributed by atoms with Gasteiger partial charge in [-0.05, 0) is 61.4 Å². The molecule has 1 heterocycles. The minimum atomic E-state index is 0.386. The Morgan fingerprint density at radius 2 is 1.93 bits per heavy atom. The Bertz CT molecular complexity index is 997. The molecule has 0 radical (unpaired) electrons. The van der Waals surface area contributed by atoms with Crippen molar-refractivity contribution < 1.29 is 4.74 Å². The minimum absolute atomic E-state index is 0.386. The van der Waals surface area contributed by atoms with Crippen molar-refractivity contribution in [3.63, 3.8) is 0 Å². The number of aromatic nitrogens is 1. The first kappa shape index (κ1) is 19.5. The third-order valence-corrected chi connectivity index (χ3v) is 5.42. The number of amidine groups is 1. The van der Waals surface area contributed by atoms with Crippen molar-refractivity contribution in [2.24, 2.45) is 10.7 Å². The second-order valence-corrected chi connectivity index (χ2v) is 7.71. The van der Waals surface area contributed by atoms with E-state index in [4.69, 9.17) is 22.1 Å². The molecule has 0 aliphatic heterocycles. The predicted octanol–water partition coefficient (Wildman–Crippen LogP) is 5.03. The van der Waals surface area contributed by atoms with Crippen LogP contribution in [0, 0.1) is 0 Å². The van der Waals surface area contributed by atoms with Crippen LogP contribution in [0.25, 0.3) is 10.9 Å². The lowest BCUT2D eigenvalue weighted by molar-refractivity contribution is 0.333. The van der Waals surface area contributed by atoms with E-state index in [2.05, 4.69) is 15.3 Å². The molecule has 2 aromatic carbocycles. The summed E-state index contributed by atoms with van der Waals surface area (Å²) in [5, 5.41) is 5.12. The molecule has 1 saturated carbocycles. The number of ether oxygens (including phenoxy) is 1. The van der Waals surface area contributed by atoms with Gasteiger partial charge in [-0.25, -0.2) is 0 Å². The van der Waals surface area contributed by atoms with Crippen LogP contribution in [0.5, 0.6) is 5.75 Å². The van der Waals surface area contributed by atoms with Crippen molar-refractivity contribution in [3.8, 4) is 5.75 Å². The first-order valence-electron chi connectivity index (χ1n) is 10.0. The maximum absolute atomic E-state index is 6.15. The first-order valence-corrected chi connectivity index (χ1v) is 10.4. The van der Waals surface area contributed by atoms with E-state index < -0.39 is 0 Å². The average molecular weight is 409 g/mol. The van der Waals surface area contributed by atoms with E-state index in [1.54, 1.807) is 6.20 Å². The van der Waals surface area contributed by atoms with Crippen LogP contribution < -0.4 is 15.8 Å². The number of nitrogens with one attached hydrogen (secondary N) is 1. The number of anilines is 1. The highest BCUT2D eigenvalue weighted by molar-refractivity contribution is 6.31. The third kappa shape index (κ3) is 4.98. The van der Waals surface area contributed by atoms with Crippen LogP contribution in [0.4, 0.5) is 5.69 Å². The van der Waals surface area contributed by atoms with Crippen molar-refractivity contribution in [2.45, 2.75) is 31.7 Å². The Kier molecular flexibility index (Phi) is 6.15. The summed E-state index contributed by atoms with van der Waals surface area (Å²) in [6.45, 7) is 1.22. The molecule has 1 aliphatic rings. The molecule has 150 valence electrons. The molecule has 6 heteroatoms. The van der Waals surface area contributed by atoms with Gasteiger partial charge in [0, 0.05) is 34.4 Å². The highest BCUT2D eigenvalue weighted by Crippen LogP contribution is 2.24. The van der Waals surface area contributed by atoms with Crippen molar-refractivity contribution >= 4 is 34.0 Å². The molecule has 3 N–H and O–H groups in total. The molecule has 0 bridgehead atoms. The van der Waals surface area contributed by atoms with Crippen LogP contribution in [0.15, 0.2) is 59.7 Å². The normalized spacial score (nSPS) is 15.0. The number of benzene rings is 2. The highest BCUT2D eigenvalue weighted by atomic mass is 35.5. The van der Waals surface area contributed by atoms with Crippen molar-refractivity contribution in [1.82, 2.24) is 4.98 Å². The highest BCUT2D eigenvalue weighted by Gasteiger charge is 2.14. The van der Waals surface area contributed by atoms with Crippen LogP contribution in [0.3, 0.4) is 0 Å². The fraction of sp³-hybridized carbons (Fsp3) is 0.304. The van der Waals surface area contributed by atoms with Gasteiger partial charge in [-0.3, -0.25) is 9.98 Å². The third-order valence-electron chi connectivity index (χ3n) is 5.19. The maximum Gasteiger partial charge on any atom is 0.125 e. The molecule has 4 rings (SSSR count). The summed E-state index contributed by atoms with van der Waals surface area (Å²) in [5.74, 6) is 1.44. The van der Waals surface area contributed by atoms with Crippen LogP contribution in [-0.2, 0) is 0 Å². The van der Waals surface area contributed by atoms with E-state index in [9.17, 15) is 0 Å². The number of nitrogens with zero attached hydrogens (tertiary/aromatic N) is 2. The number of nitrogens with two attached hydrogens (primary N) is 1. The molecule has 1 aromatic heterocycles. The van der Waals surface area contributed by atoms with E-state index >= 15 is 0 Å². The second-order valence-electron chi connectivity index (χ2n) is 7.27. The van der Waals surface area contributed by atoms with Crippen LogP contribution >= 0.6 is 11.6 Å². The van der Waals surface area contributed by atoms with Gasteiger partial charge in [0.15, 0.2) is 0 Å². The van der Waals surface area contributed by atoms with E-state index in [1.807, 2.05) is 48.5 Å². The molecule has 1 fully saturated rings. The minimum Gasteiger partial charge on any atom is -0.492 e. The zero-order valence-electron chi connectivity index (χ0n) is 16.3. The van der Waals surface area contributed by atoms with Crippen LogP contribution in [0.1, 0.15) is 31.2 Å². The Morgan fingerprint density at radius 1 is 1.14 bits per heavy atom. The molecule has 3 aromatic rings. The molecular weight excluding hydrogens is 384 g/mol. The average Bonchev–Trinajstić information content (AvgIpc) is 3.24. The Hall–Kier alpha value is -2.79. The van der Waals surface area contributed by atoms with Crippen molar-refractivity contribution in [2.75, 3.05) is 18.5 Å². The second kappa shape index (κ2) is 9.14. The fourth-order valence-electron chi connectivity index (χ4n) is 3.66. The van der Waals surface area contributed by atoms with Crippen molar-refractivity contribution in [3.05, 3.63) is 65.3 Å². The number of halogens is 1. The zero-order valence-corrected chi connectivity index (χ0v) is 17.0. The molecular formula is C23H25ClN4O. The number of pyridine rings is 1. The quantitative estimate of drug-likeness (QED) is 0.327. The molecule has 1 aliphatic carbocycles. The molecule has 0 atom stereocenters. The standard InChI is InChI=1S/C23H25ClN4O/c24-17-7-10-20-21(11-12-26-22(20)15-17)27-13-14-29-19-8-5-16(6-9-19)23(25)28-18-3-1-2-4-18/h5-12,15,18H,1-4,13-14H2,(H2,25,28)(H,26,27). The monoisotopic (exact) mass is 408 g/mol. The number of hydrogen-bond acceptors (Lipinski definition) is 4. The molecule has 0 spiro atoms. The largest absolute Gasteiger partial charge is 0.492 e. The van der Waals surface area contributed by atoms with Gasteiger partial charge < -0.3 is 15.8 Å². The summed E-state index contributed by atoms with van der Waals surface area (Å²) >= 11 is 6.04. The summed E-state index contributed by atoms with van der Waals surface area (Å²) in [6, 6.07) is 15.9. The number of rotatable bonds is 7. The van der Waals surface area contributed by atoms with Crippen molar-refractivity contribution in [1.29, 1.82) is 0 Å². The van der Waals surface area contributed by atoms with Gasteiger partial charge in [-0.1, -0.05) is 24.4 Å². The Labute approximate surface area is 176 Å². The molecule has 0 saturated heterocycles. The summed E-state index contributed by atoms with van der Waals surface area (Å²) in [6.07, 6.45) is 6.58. The number of aliphatic imine (C=N–C) groups is 1. The lowest BCUT2D eigenvalue weighted by Crippen LogP contribution is -2.16. The van der Waals surface area contributed by atoms with Gasteiger partial charge in [0.1, 0.15) is 18.2 Å². The van der Waals surface area contributed by atoms with Gasteiger partial charge in [0.2, 0.25) is 0 Å². The van der Waals surface area contributed by atoms with Gasteiger partial charge in [0.05, 0.1) is 11.6 Å². The van der Waals surface area contributed by atoms with Crippen LogP contribution in [-0.4, -0.2) is 30.0 Å².